The van der Waals surface area contributed by atoms with Gasteiger partial charge in [-0.3, -0.25) is 18.9 Å². The van der Waals surface area contributed by atoms with Crippen LogP contribution in [0.25, 0.3) is 0 Å². The van der Waals surface area contributed by atoms with E-state index in [1.807, 2.05) is 41.5 Å². The fourth-order valence-electron chi connectivity index (χ4n) is 11.6. The molecule has 20 heteroatoms. The molecule has 9 rings (SSSR count). The van der Waals surface area contributed by atoms with Crippen molar-refractivity contribution in [1.29, 1.82) is 15.8 Å². The van der Waals surface area contributed by atoms with Gasteiger partial charge in [0.2, 0.25) is 17.7 Å². The van der Waals surface area contributed by atoms with Crippen molar-refractivity contribution < 1.29 is 61.4 Å². The molecule has 0 saturated carbocycles. The number of nitrogens with zero attached hydrogens (tertiary/aromatic N) is 6. The zero-order valence-corrected chi connectivity index (χ0v) is 45.0. The number of nitriles is 3. The molecule has 404 valence electrons. The fraction of sp³-hybridized carbons (Fsp3) is 0.571. The molecule has 0 aromatic heterocycles. The van der Waals surface area contributed by atoms with Crippen LogP contribution >= 0.6 is 7.37 Å². The van der Waals surface area contributed by atoms with Crippen molar-refractivity contribution in [1.82, 2.24) is 14.7 Å². The smallest absolute Gasteiger partial charge is 0.252 e. The van der Waals surface area contributed by atoms with Crippen molar-refractivity contribution in [3.8, 4) is 35.5 Å². The van der Waals surface area contributed by atoms with Gasteiger partial charge in [-0.25, -0.2) is 0 Å². The van der Waals surface area contributed by atoms with Crippen LogP contribution in [0.15, 0.2) is 54.6 Å². The molecule has 0 bridgehead atoms. The van der Waals surface area contributed by atoms with E-state index in [-0.39, 0.29) is 70.1 Å². The van der Waals surface area contributed by atoms with Crippen LogP contribution in [0, 0.1) is 34.0 Å². The topological polar surface area (TPSA) is 232 Å². The van der Waals surface area contributed by atoms with E-state index < -0.39 is 60.6 Å². The van der Waals surface area contributed by atoms with Crippen molar-refractivity contribution in [3.05, 3.63) is 88.0 Å². The predicted octanol–water partition coefficient (Wildman–Crippen LogP) is 7.60. The van der Waals surface area contributed by atoms with Crippen molar-refractivity contribution >= 4 is 25.1 Å². The number of carbonyl (C=O) groups is 3. The second-order valence-corrected chi connectivity index (χ2v) is 24.1. The summed E-state index contributed by atoms with van der Waals surface area (Å²) < 4.78 is 72.3. The highest BCUT2D eigenvalue weighted by Gasteiger charge is 2.52. The van der Waals surface area contributed by atoms with Crippen LogP contribution < -0.4 is 14.2 Å². The lowest BCUT2D eigenvalue weighted by Crippen LogP contribution is -2.55. The molecule has 6 aliphatic rings. The van der Waals surface area contributed by atoms with E-state index in [0.29, 0.717) is 109 Å². The second-order valence-electron chi connectivity index (χ2n) is 21.7. The van der Waals surface area contributed by atoms with Gasteiger partial charge in [0.15, 0.2) is 0 Å². The highest BCUT2D eigenvalue weighted by molar-refractivity contribution is 7.58. The lowest BCUT2D eigenvalue weighted by molar-refractivity contribution is -0.151. The summed E-state index contributed by atoms with van der Waals surface area (Å²) in [5.74, 6) is 1.67. The average molecular weight is 1060 g/mol. The third-order valence-electron chi connectivity index (χ3n) is 15.1. The van der Waals surface area contributed by atoms with Gasteiger partial charge in [0, 0.05) is 55.6 Å². The van der Waals surface area contributed by atoms with Gasteiger partial charge in [0.05, 0.1) is 92.7 Å². The quantitative estimate of drug-likeness (QED) is 0.0783. The third kappa shape index (κ3) is 11.3. The summed E-state index contributed by atoms with van der Waals surface area (Å²) in [5, 5.41) is 29.3. The van der Waals surface area contributed by atoms with Gasteiger partial charge in [-0.1, -0.05) is 0 Å². The Labute approximate surface area is 444 Å². The van der Waals surface area contributed by atoms with E-state index in [9.17, 15) is 34.7 Å². The molecular formula is C56H67N6O13P. The summed E-state index contributed by atoms with van der Waals surface area (Å²) in [5.41, 5.74) is 0.626. The third-order valence-corrected chi connectivity index (χ3v) is 16.9. The maximum absolute atomic E-state index is 14.9. The van der Waals surface area contributed by atoms with E-state index in [1.54, 1.807) is 69.3 Å². The Bertz CT molecular complexity index is 2750. The van der Waals surface area contributed by atoms with E-state index in [4.69, 9.17) is 42.4 Å². The number of ether oxygens (including phenoxy) is 8. The molecule has 0 aliphatic carbocycles. The Balaban J connectivity index is 0.885. The van der Waals surface area contributed by atoms with Crippen molar-refractivity contribution in [2.75, 3.05) is 72.0 Å². The van der Waals surface area contributed by atoms with Crippen molar-refractivity contribution in [2.24, 2.45) is 0 Å². The number of rotatable bonds is 20. The van der Waals surface area contributed by atoms with Gasteiger partial charge in [-0.05, 0) is 115 Å². The zero-order valence-electron chi connectivity index (χ0n) is 44.1. The second kappa shape index (κ2) is 22.5. The van der Waals surface area contributed by atoms with Crippen LogP contribution in [0.1, 0.15) is 132 Å². The lowest BCUT2D eigenvalue weighted by Gasteiger charge is -2.47. The monoisotopic (exact) mass is 1060 g/mol. The number of fused-ring (bicyclic) bond motifs is 3. The molecule has 6 aliphatic heterocycles. The average Bonchev–Trinajstić information content (AvgIpc) is 4.25. The van der Waals surface area contributed by atoms with Crippen molar-refractivity contribution in [2.45, 2.75) is 133 Å². The summed E-state index contributed by atoms with van der Waals surface area (Å²) in [6.45, 7) is 12.7. The summed E-state index contributed by atoms with van der Waals surface area (Å²) in [4.78, 5) is 45.2. The standard InChI is InChI=1S/C56H67N6O13P/c1-54(2)51(48(60-19-7-10-45(60)63)39-28-36(31-57)13-16-42(39)73-54)69-24-22-67-34-76(66,72-27-26-71-53-50(62-21-9-12-47(62)65)41-30-38(33-59)15-18-44(41)75-56(53,5)6)35-68-23-25-70-52-49(61-20-8-11-46(61)64)40-29-37(32-58)14-17-43(40)74-55(52,3)4/h13-18,28-30,48-53H,7-12,19-27,34-35H2,1-6H3. The first-order chi connectivity index (χ1) is 36.4. The predicted molar refractivity (Wildman–Crippen MR) is 273 cm³/mol. The number of likely N-dealkylation sites (tertiary alicyclic amines) is 3. The van der Waals surface area contributed by atoms with Crippen LogP contribution in [0.4, 0.5) is 0 Å². The molecule has 76 heavy (non-hydrogen) atoms. The number of amides is 3. The van der Waals surface area contributed by atoms with Crippen LogP contribution in [0.2, 0.25) is 0 Å². The molecule has 3 saturated heterocycles. The molecule has 3 aromatic rings. The number of carbonyl (C=O) groups excluding carboxylic acids is 3. The highest BCUT2D eigenvalue weighted by atomic mass is 31.2. The molecule has 0 radical (unpaired) electrons. The first-order valence-electron chi connectivity index (χ1n) is 26.2. The maximum atomic E-state index is 14.9. The maximum Gasteiger partial charge on any atom is 0.252 e. The van der Waals surface area contributed by atoms with Crippen molar-refractivity contribution in [3.63, 3.8) is 0 Å². The molecule has 6 atom stereocenters. The van der Waals surface area contributed by atoms with Crippen LogP contribution in [0.3, 0.4) is 0 Å². The molecule has 19 nitrogen and oxygen atoms in total. The van der Waals surface area contributed by atoms with Gasteiger partial charge in [0.1, 0.15) is 65.1 Å². The zero-order chi connectivity index (χ0) is 54.0. The first-order valence-corrected chi connectivity index (χ1v) is 28.2. The van der Waals surface area contributed by atoms with E-state index in [0.717, 1.165) is 0 Å². The number of hydrogen-bond donors (Lipinski definition) is 0. The highest BCUT2D eigenvalue weighted by Crippen LogP contribution is 2.50. The normalized spacial score (nSPS) is 25.7. The SMILES string of the molecule is CC1(C)Oc2ccc(C#N)cc2C(N2CCCC2=O)C1OCCOCP(=O)(COCCOC1C(N2CCCC2=O)c2cc(C#N)ccc2OC1(C)C)OCCOC1C(N2CCCC2=O)c2cc(C#N)ccc2OC1(C)C. The molecule has 0 spiro atoms. The van der Waals surface area contributed by atoms with E-state index in [2.05, 4.69) is 18.2 Å². The first kappa shape index (κ1) is 54.7. The Hall–Kier alpha value is -6.07. The molecule has 3 fully saturated rings. The Kier molecular flexibility index (Phi) is 16.2. The molecular weight excluding hydrogens is 996 g/mol. The molecule has 3 aromatic carbocycles. The summed E-state index contributed by atoms with van der Waals surface area (Å²) in [6.07, 6.45) is 0.552. The minimum absolute atomic E-state index is 0.0114. The van der Waals surface area contributed by atoms with Crippen LogP contribution in [0.5, 0.6) is 17.2 Å². The lowest BCUT2D eigenvalue weighted by atomic mass is 9.84. The molecule has 6 unspecified atom stereocenters. The van der Waals surface area contributed by atoms with Crippen LogP contribution in [-0.2, 0) is 47.2 Å². The molecule has 6 heterocycles. The minimum atomic E-state index is -3.79. The number of hydrogen-bond acceptors (Lipinski definition) is 16. The van der Waals surface area contributed by atoms with Gasteiger partial charge in [-0.2, -0.15) is 15.8 Å². The molecule has 3 amide bonds. The van der Waals surface area contributed by atoms with Gasteiger partial charge in [-0.15, -0.1) is 0 Å². The largest absolute Gasteiger partial charge is 0.485 e. The van der Waals surface area contributed by atoms with E-state index in [1.165, 1.54) is 0 Å². The van der Waals surface area contributed by atoms with Gasteiger partial charge >= 0.3 is 0 Å². The molecule has 0 N–H and O–H groups in total. The summed E-state index contributed by atoms with van der Waals surface area (Å²) >= 11 is 0. The Morgan fingerprint density at radius 1 is 0.513 bits per heavy atom. The summed E-state index contributed by atoms with van der Waals surface area (Å²) in [7, 11) is -3.79. The number of benzene rings is 3. The fourth-order valence-corrected chi connectivity index (χ4v) is 13.1. The van der Waals surface area contributed by atoms with Crippen LogP contribution in [-0.4, -0.2) is 140 Å². The van der Waals surface area contributed by atoms with E-state index >= 15 is 0 Å². The van der Waals surface area contributed by atoms with Gasteiger partial charge in [0.25, 0.3) is 7.37 Å². The Morgan fingerprint density at radius 2 is 0.829 bits per heavy atom. The van der Waals surface area contributed by atoms with Gasteiger partial charge < -0.3 is 57.1 Å². The minimum Gasteiger partial charge on any atom is -0.485 e. The Morgan fingerprint density at radius 3 is 1.12 bits per heavy atom. The summed E-state index contributed by atoms with van der Waals surface area (Å²) in [6, 6.07) is 20.5.